The Balaban J connectivity index is 1.69. The van der Waals surface area contributed by atoms with Crippen molar-refractivity contribution in [3.05, 3.63) is 34.6 Å². The van der Waals surface area contributed by atoms with E-state index in [9.17, 15) is 4.39 Å². The van der Waals surface area contributed by atoms with Gasteiger partial charge in [-0.05, 0) is 68.8 Å². The fourth-order valence-electron chi connectivity index (χ4n) is 3.37. The van der Waals surface area contributed by atoms with Crippen LogP contribution < -0.4 is 5.32 Å². The Bertz CT molecular complexity index is 459. The molecule has 2 aliphatic rings. The molecule has 3 rings (SSSR count). The largest absolute Gasteiger partial charge is 0.312 e. The molecule has 3 heteroatoms. The molecule has 1 N–H and O–H groups in total. The first-order valence-corrected chi connectivity index (χ1v) is 7.85. The smallest absolute Gasteiger partial charge is 0.129 e. The maximum Gasteiger partial charge on any atom is 0.129 e. The average Bonchev–Trinajstić information content (AvgIpc) is 3.22. The predicted molar refractivity (Wildman–Crippen MR) is 80.3 cm³/mol. The standard InChI is InChI=1S/C17H25FN2/c1-12-8-14(9-13(2)17(12)18)10-20-7-3-6-19-16(11-20)15-4-5-15/h8-9,15-16,19H,3-7,10-11H2,1-2H3. The van der Waals surface area contributed by atoms with E-state index in [0.717, 1.165) is 43.2 Å². The molecule has 110 valence electrons. The summed E-state index contributed by atoms with van der Waals surface area (Å²) in [6.45, 7) is 8.10. The summed E-state index contributed by atoms with van der Waals surface area (Å²) in [5.41, 5.74) is 2.79. The second kappa shape index (κ2) is 5.82. The number of rotatable bonds is 3. The van der Waals surface area contributed by atoms with Gasteiger partial charge < -0.3 is 5.32 Å². The SMILES string of the molecule is Cc1cc(CN2CCCNC(C3CC3)C2)cc(C)c1F. The highest BCUT2D eigenvalue weighted by Gasteiger charge is 2.32. The lowest BCUT2D eigenvalue weighted by molar-refractivity contribution is 0.250. The summed E-state index contributed by atoms with van der Waals surface area (Å²) in [6, 6.07) is 4.68. The third-order valence-electron chi connectivity index (χ3n) is 4.61. The highest BCUT2D eigenvalue weighted by Crippen LogP contribution is 2.33. The van der Waals surface area contributed by atoms with Crippen LogP contribution in [0.25, 0.3) is 0 Å². The Morgan fingerprint density at radius 1 is 1.25 bits per heavy atom. The van der Waals surface area contributed by atoms with Gasteiger partial charge in [0.15, 0.2) is 0 Å². The van der Waals surface area contributed by atoms with E-state index in [0.29, 0.717) is 6.04 Å². The molecule has 0 radical (unpaired) electrons. The molecule has 1 saturated carbocycles. The van der Waals surface area contributed by atoms with E-state index in [1.165, 1.54) is 24.8 Å². The first-order chi connectivity index (χ1) is 9.63. The van der Waals surface area contributed by atoms with Crippen LogP contribution in [0.1, 0.15) is 36.0 Å². The molecule has 2 fully saturated rings. The Labute approximate surface area is 121 Å². The van der Waals surface area contributed by atoms with Crippen LogP contribution in [0.5, 0.6) is 0 Å². The normalized spacial score (nSPS) is 24.6. The summed E-state index contributed by atoms with van der Waals surface area (Å²) in [4.78, 5) is 2.54. The van der Waals surface area contributed by atoms with Crippen molar-refractivity contribution >= 4 is 0 Å². The van der Waals surface area contributed by atoms with Crippen molar-refractivity contribution in [2.24, 2.45) is 5.92 Å². The van der Waals surface area contributed by atoms with Crippen LogP contribution in [0.15, 0.2) is 12.1 Å². The molecule has 0 amide bonds. The predicted octanol–water partition coefficient (Wildman–Crippen LogP) is 3.02. The first-order valence-electron chi connectivity index (χ1n) is 7.85. The third kappa shape index (κ3) is 3.21. The number of aryl methyl sites for hydroxylation is 2. The fraction of sp³-hybridized carbons (Fsp3) is 0.647. The van der Waals surface area contributed by atoms with Crippen molar-refractivity contribution in [1.29, 1.82) is 0 Å². The molecule has 0 spiro atoms. The molecule has 1 aromatic rings. The van der Waals surface area contributed by atoms with Crippen molar-refractivity contribution in [3.63, 3.8) is 0 Å². The molecule has 2 nitrogen and oxygen atoms in total. The second-order valence-electron chi connectivity index (χ2n) is 6.53. The quantitative estimate of drug-likeness (QED) is 0.913. The molecule has 1 unspecified atom stereocenters. The third-order valence-corrected chi connectivity index (χ3v) is 4.61. The zero-order chi connectivity index (χ0) is 14.1. The van der Waals surface area contributed by atoms with E-state index in [1.54, 1.807) is 0 Å². The van der Waals surface area contributed by atoms with E-state index in [2.05, 4.69) is 10.2 Å². The number of hydrogen-bond acceptors (Lipinski definition) is 2. The second-order valence-corrected chi connectivity index (χ2v) is 6.53. The lowest BCUT2D eigenvalue weighted by Gasteiger charge is -2.24. The minimum absolute atomic E-state index is 0.0536. The van der Waals surface area contributed by atoms with E-state index in [-0.39, 0.29) is 5.82 Å². The molecule has 1 saturated heterocycles. The van der Waals surface area contributed by atoms with Gasteiger partial charge in [-0.15, -0.1) is 0 Å². The number of nitrogens with one attached hydrogen (secondary N) is 1. The van der Waals surface area contributed by atoms with Gasteiger partial charge in [0.2, 0.25) is 0 Å². The average molecular weight is 276 g/mol. The van der Waals surface area contributed by atoms with Gasteiger partial charge in [-0.25, -0.2) is 4.39 Å². The molecule has 1 aliphatic heterocycles. The summed E-state index contributed by atoms with van der Waals surface area (Å²) >= 11 is 0. The lowest BCUT2D eigenvalue weighted by Crippen LogP contribution is -2.38. The first kappa shape index (κ1) is 14.0. The molecular weight excluding hydrogens is 251 g/mol. The Morgan fingerprint density at radius 3 is 2.60 bits per heavy atom. The summed E-state index contributed by atoms with van der Waals surface area (Å²) in [5, 5.41) is 3.69. The number of nitrogens with zero attached hydrogens (tertiary/aromatic N) is 1. The van der Waals surface area contributed by atoms with E-state index >= 15 is 0 Å². The Morgan fingerprint density at radius 2 is 1.95 bits per heavy atom. The summed E-state index contributed by atoms with van der Waals surface area (Å²) in [6.07, 6.45) is 3.99. The van der Waals surface area contributed by atoms with Crippen LogP contribution in [-0.2, 0) is 6.54 Å². The van der Waals surface area contributed by atoms with Crippen molar-refractivity contribution in [2.45, 2.75) is 45.7 Å². The van der Waals surface area contributed by atoms with Gasteiger partial charge in [0.25, 0.3) is 0 Å². The van der Waals surface area contributed by atoms with E-state index in [4.69, 9.17) is 0 Å². The number of halogens is 1. The van der Waals surface area contributed by atoms with Crippen molar-refractivity contribution < 1.29 is 4.39 Å². The van der Waals surface area contributed by atoms with Gasteiger partial charge in [0.1, 0.15) is 5.82 Å². The summed E-state index contributed by atoms with van der Waals surface area (Å²) < 4.78 is 13.7. The highest BCUT2D eigenvalue weighted by molar-refractivity contribution is 5.30. The van der Waals surface area contributed by atoms with Crippen LogP contribution in [0.2, 0.25) is 0 Å². The van der Waals surface area contributed by atoms with Crippen LogP contribution in [-0.4, -0.2) is 30.6 Å². The van der Waals surface area contributed by atoms with Crippen LogP contribution >= 0.6 is 0 Å². The monoisotopic (exact) mass is 276 g/mol. The maximum atomic E-state index is 13.7. The molecule has 1 atom stereocenters. The molecule has 20 heavy (non-hydrogen) atoms. The molecule has 1 aliphatic carbocycles. The van der Waals surface area contributed by atoms with E-state index in [1.807, 2.05) is 26.0 Å². The van der Waals surface area contributed by atoms with Gasteiger partial charge in [0, 0.05) is 19.1 Å². The van der Waals surface area contributed by atoms with Crippen molar-refractivity contribution in [3.8, 4) is 0 Å². The highest BCUT2D eigenvalue weighted by atomic mass is 19.1. The van der Waals surface area contributed by atoms with Crippen LogP contribution in [0.3, 0.4) is 0 Å². The molecule has 0 bridgehead atoms. The van der Waals surface area contributed by atoms with E-state index < -0.39 is 0 Å². The van der Waals surface area contributed by atoms with Gasteiger partial charge in [0.05, 0.1) is 0 Å². The van der Waals surface area contributed by atoms with Crippen LogP contribution in [0.4, 0.5) is 4.39 Å². The number of hydrogen-bond donors (Lipinski definition) is 1. The summed E-state index contributed by atoms with van der Waals surface area (Å²) in [7, 11) is 0. The molecule has 0 aromatic heterocycles. The minimum Gasteiger partial charge on any atom is -0.312 e. The zero-order valence-electron chi connectivity index (χ0n) is 12.6. The zero-order valence-corrected chi connectivity index (χ0v) is 12.6. The van der Waals surface area contributed by atoms with Gasteiger partial charge in [-0.1, -0.05) is 12.1 Å². The topological polar surface area (TPSA) is 15.3 Å². The minimum atomic E-state index is -0.0536. The fourth-order valence-corrected chi connectivity index (χ4v) is 3.37. The Kier molecular flexibility index (Phi) is 4.08. The van der Waals surface area contributed by atoms with Crippen molar-refractivity contribution in [2.75, 3.05) is 19.6 Å². The van der Waals surface area contributed by atoms with Crippen molar-refractivity contribution in [1.82, 2.24) is 10.2 Å². The molecular formula is C17H25FN2. The van der Waals surface area contributed by atoms with Gasteiger partial charge in [-0.2, -0.15) is 0 Å². The van der Waals surface area contributed by atoms with Gasteiger partial charge in [-0.3, -0.25) is 4.90 Å². The molecule has 1 heterocycles. The summed E-state index contributed by atoms with van der Waals surface area (Å²) in [5.74, 6) is 0.842. The Hall–Kier alpha value is -0.930. The van der Waals surface area contributed by atoms with Gasteiger partial charge >= 0.3 is 0 Å². The molecule has 1 aromatic carbocycles. The van der Waals surface area contributed by atoms with Crippen LogP contribution in [0, 0.1) is 25.6 Å². The maximum absolute atomic E-state index is 13.7. The lowest BCUT2D eigenvalue weighted by atomic mass is 10.1. The number of benzene rings is 1.